The molecule has 138 valence electrons. The Balaban J connectivity index is 2.08. The minimum Gasteiger partial charge on any atom is -0.494 e. The topological polar surface area (TPSA) is 88.0 Å². The highest BCUT2D eigenvalue weighted by atomic mass is 79.9. The van der Waals surface area contributed by atoms with Crippen LogP contribution >= 0.6 is 15.9 Å². The zero-order valence-corrected chi connectivity index (χ0v) is 16.5. The minimum atomic E-state index is -0.686. The summed E-state index contributed by atoms with van der Waals surface area (Å²) in [5.41, 5.74) is 3.09. The first kappa shape index (κ1) is 18.9. The van der Waals surface area contributed by atoms with E-state index in [1.54, 1.807) is 19.2 Å². The van der Waals surface area contributed by atoms with E-state index in [2.05, 4.69) is 32.0 Å². The Morgan fingerprint density at radius 1 is 1.26 bits per heavy atom. The molecule has 27 heavy (non-hydrogen) atoms. The number of hydrogen-bond donors (Lipinski definition) is 1. The molecular formula is C20H18BrN3O3. The number of aromatic amines is 1. The van der Waals surface area contributed by atoms with Gasteiger partial charge in [-0.15, -0.1) is 0 Å². The van der Waals surface area contributed by atoms with Crippen molar-refractivity contribution in [1.29, 1.82) is 5.26 Å². The predicted molar refractivity (Wildman–Crippen MR) is 105 cm³/mol. The Morgan fingerprint density at radius 2 is 2.00 bits per heavy atom. The molecule has 0 radical (unpaired) electrons. The van der Waals surface area contributed by atoms with Crippen LogP contribution in [0.15, 0.2) is 40.9 Å². The Morgan fingerprint density at radius 3 is 2.63 bits per heavy atom. The average molecular weight is 428 g/mol. The van der Waals surface area contributed by atoms with Gasteiger partial charge in [-0.25, -0.2) is 4.98 Å². The molecule has 1 aromatic heterocycles. The van der Waals surface area contributed by atoms with Crippen molar-refractivity contribution in [3.63, 3.8) is 0 Å². The number of methoxy groups -OCH3 is 2. The van der Waals surface area contributed by atoms with Crippen LogP contribution in [0.25, 0.3) is 11.0 Å². The molecule has 1 N–H and O–H groups in total. The number of nitrogens with zero attached hydrogens (tertiary/aromatic N) is 2. The molecule has 7 heteroatoms. The molecule has 0 spiro atoms. The van der Waals surface area contributed by atoms with Crippen molar-refractivity contribution in [1.82, 2.24) is 9.97 Å². The van der Waals surface area contributed by atoms with Crippen LogP contribution in [-0.2, 0) is 16.0 Å². The van der Waals surface area contributed by atoms with E-state index in [0.717, 1.165) is 15.9 Å². The fourth-order valence-corrected chi connectivity index (χ4v) is 3.29. The second-order valence-corrected chi connectivity index (χ2v) is 6.92. The van der Waals surface area contributed by atoms with Crippen LogP contribution in [0.4, 0.5) is 0 Å². The molecular weight excluding hydrogens is 410 g/mol. The van der Waals surface area contributed by atoms with E-state index in [-0.39, 0.29) is 6.42 Å². The number of esters is 1. The summed E-state index contributed by atoms with van der Waals surface area (Å²) in [5, 5.41) is 9.13. The Hall–Kier alpha value is -2.85. The lowest BCUT2D eigenvalue weighted by Crippen LogP contribution is -2.14. The van der Waals surface area contributed by atoms with Crippen LogP contribution in [0, 0.1) is 11.3 Å². The normalized spacial score (nSPS) is 11.8. The fraction of sp³-hybridized carbons (Fsp3) is 0.250. The molecule has 1 heterocycles. The highest BCUT2D eigenvalue weighted by molar-refractivity contribution is 9.10. The number of rotatable bonds is 6. The largest absolute Gasteiger partial charge is 0.494 e. The average Bonchev–Trinajstić information content (AvgIpc) is 3.10. The highest BCUT2D eigenvalue weighted by Gasteiger charge is 2.26. The third kappa shape index (κ3) is 3.96. The van der Waals surface area contributed by atoms with Gasteiger partial charge in [-0.05, 0) is 29.3 Å². The molecule has 2 aromatic carbocycles. The van der Waals surface area contributed by atoms with Crippen LogP contribution in [0.5, 0.6) is 5.75 Å². The minimum absolute atomic E-state index is 0.0230. The number of fused-ring (bicyclic) bond motifs is 1. The zero-order valence-electron chi connectivity index (χ0n) is 15.0. The van der Waals surface area contributed by atoms with Crippen LogP contribution < -0.4 is 4.74 Å². The van der Waals surface area contributed by atoms with Gasteiger partial charge in [0, 0.05) is 10.9 Å². The molecule has 3 aromatic rings. The second-order valence-electron chi connectivity index (χ2n) is 6.01. The van der Waals surface area contributed by atoms with Crippen LogP contribution in [0.3, 0.4) is 0 Å². The number of nitriles is 1. The van der Waals surface area contributed by atoms with Gasteiger partial charge in [-0.3, -0.25) is 4.79 Å². The number of ether oxygens (including phenoxy) is 2. The molecule has 1 unspecified atom stereocenters. The van der Waals surface area contributed by atoms with Crippen LogP contribution in [-0.4, -0.2) is 30.2 Å². The third-order valence-corrected chi connectivity index (χ3v) is 4.88. The summed E-state index contributed by atoms with van der Waals surface area (Å²) < 4.78 is 11.3. The molecule has 0 aliphatic carbocycles. The van der Waals surface area contributed by atoms with Crippen molar-refractivity contribution in [3.05, 3.63) is 57.8 Å². The first-order valence-electron chi connectivity index (χ1n) is 8.32. The van der Waals surface area contributed by atoms with Crippen molar-refractivity contribution < 1.29 is 14.3 Å². The maximum atomic E-state index is 12.2. The number of halogens is 1. The summed E-state index contributed by atoms with van der Waals surface area (Å²) >= 11 is 3.43. The Bertz CT molecular complexity index is 1010. The van der Waals surface area contributed by atoms with Crippen molar-refractivity contribution in [3.8, 4) is 11.8 Å². The SMILES string of the molecule is COC(=O)C(CC#N)c1ccc(OC)c2nc(Cc3ccc(Br)cc3)[nH]c12. The van der Waals surface area contributed by atoms with Gasteiger partial charge in [0.1, 0.15) is 17.1 Å². The van der Waals surface area contributed by atoms with Gasteiger partial charge >= 0.3 is 5.97 Å². The van der Waals surface area contributed by atoms with Gasteiger partial charge < -0.3 is 14.5 Å². The molecule has 3 rings (SSSR count). The lowest BCUT2D eigenvalue weighted by atomic mass is 9.95. The van der Waals surface area contributed by atoms with Gasteiger partial charge in [0.15, 0.2) is 0 Å². The lowest BCUT2D eigenvalue weighted by molar-refractivity contribution is -0.142. The summed E-state index contributed by atoms with van der Waals surface area (Å²) in [7, 11) is 2.89. The number of hydrogen-bond acceptors (Lipinski definition) is 5. The van der Waals surface area contributed by atoms with Crippen molar-refractivity contribution >= 4 is 32.9 Å². The van der Waals surface area contributed by atoms with E-state index in [0.29, 0.717) is 28.8 Å². The number of aromatic nitrogens is 2. The van der Waals surface area contributed by atoms with Crippen molar-refractivity contribution in [2.45, 2.75) is 18.8 Å². The van der Waals surface area contributed by atoms with Gasteiger partial charge in [0.2, 0.25) is 0 Å². The predicted octanol–water partition coefficient (Wildman–Crippen LogP) is 4.10. The molecule has 6 nitrogen and oxygen atoms in total. The number of carbonyl (C=O) groups is 1. The number of benzene rings is 2. The quantitative estimate of drug-likeness (QED) is 0.598. The molecule has 0 bridgehead atoms. The van der Waals surface area contributed by atoms with Gasteiger partial charge in [-0.2, -0.15) is 5.26 Å². The zero-order chi connectivity index (χ0) is 19.4. The van der Waals surface area contributed by atoms with E-state index in [1.165, 1.54) is 7.11 Å². The first-order valence-corrected chi connectivity index (χ1v) is 9.11. The van der Waals surface area contributed by atoms with Gasteiger partial charge in [-0.1, -0.05) is 34.1 Å². The standard InChI is InChI=1S/C20H18BrN3O3/c1-26-16-8-7-14(15(9-10-22)20(25)27-2)18-19(16)24-17(23-18)11-12-3-5-13(21)6-4-12/h3-8,15H,9,11H2,1-2H3,(H,23,24). The summed E-state index contributed by atoms with van der Waals surface area (Å²) in [6, 6.07) is 13.6. The lowest BCUT2D eigenvalue weighted by Gasteiger charge is -2.13. The van der Waals surface area contributed by atoms with E-state index in [9.17, 15) is 4.79 Å². The van der Waals surface area contributed by atoms with Crippen molar-refractivity contribution in [2.24, 2.45) is 0 Å². The highest BCUT2D eigenvalue weighted by Crippen LogP contribution is 2.33. The summed E-state index contributed by atoms with van der Waals surface area (Å²) in [6.45, 7) is 0. The maximum absolute atomic E-state index is 12.2. The van der Waals surface area contributed by atoms with Gasteiger partial charge in [0.25, 0.3) is 0 Å². The van der Waals surface area contributed by atoms with Crippen molar-refractivity contribution in [2.75, 3.05) is 14.2 Å². The molecule has 1 atom stereocenters. The molecule has 0 saturated carbocycles. The first-order chi connectivity index (χ1) is 13.1. The smallest absolute Gasteiger partial charge is 0.314 e. The summed E-state index contributed by atoms with van der Waals surface area (Å²) in [6.07, 6.45) is 0.626. The van der Waals surface area contributed by atoms with Crippen LogP contribution in [0.1, 0.15) is 29.3 Å². The number of carbonyl (C=O) groups excluding carboxylic acids is 1. The second kappa shape index (κ2) is 8.23. The molecule has 0 saturated heterocycles. The summed E-state index contributed by atoms with van der Waals surface area (Å²) in [5.74, 6) is 0.215. The van der Waals surface area contributed by atoms with E-state index < -0.39 is 11.9 Å². The van der Waals surface area contributed by atoms with E-state index in [1.807, 2.05) is 24.3 Å². The summed E-state index contributed by atoms with van der Waals surface area (Å²) in [4.78, 5) is 20.1. The van der Waals surface area contributed by atoms with Crippen LogP contribution in [0.2, 0.25) is 0 Å². The molecule has 0 aliphatic heterocycles. The Labute approximate surface area is 165 Å². The monoisotopic (exact) mass is 427 g/mol. The van der Waals surface area contributed by atoms with E-state index in [4.69, 9.17) is 14.7 Å². The van der Waals surface area contributed by atoms with Gasteiger partial charge in [0.05, 0.1) is 38.1 Å². The molecule has 0 amide bonds. The maximum Gasteiger partial charge on any atom is 0.314 e. The molecule has 0 fully saturated rings. The third-order valence-electron chi connectivity index (χ3n) is 4.35. The number of H-pyrrole nitrogens is 1. The number of nitrogens with one attached hydrogen (secondary N) is 1. The molecule has 0 aliphatic rings. The fourth-order valence-electron chi connectivity index (χ4n) is 3.03. The Kier molecular flexibility index (Phi) is 5.77. The number of imidazole rings is 1. The van der Waals surface area contributed by atoms with E-state index >= 15 is 0 Å².